The number of nitrogens with one attached hydrogen (secondary N) is 1. The van der Waals surface area contributed by atoms with Crippen molar-refractivity contribution in [1.29, 1.82) is 0 Å². The summed E-state index contributed by atoms with van der Waals surface area (Å²) < 4.78 is 1.57. The highest BCUT2D eigenvalue weighted by Crippen LogP contribution is 2.33. The van der Waals surface area contributed by atoms with Crippen LogP contribution in [0.2, 0.25) is 0 Å². The monoisotopic (exact) mass is 517 g/mol. The molecular weight excluding hydrogens is 482 g/mol. The van der Waals surface area contributed by atoms with E-state index < -0.39 is 23.9 Å². The Morgan fingerprint density at radius 2 is 1.87 bits per heavy atom. The molecule has 1 aromatic carbocycles. The minimum atomic E-state index is -0.977. The van der Waals surface area contributed by atoms with Gasteiger partial charge in [-0.15, -0.1) is 0 Å². The molecule has 2 aromatic heterocycles. The summed E-state index contributed by atoms with van der Waals surface area (Å²) in [6, 6.07) is 9.41. The quantitative estimate of drug-likeness (QED) is 0.464. The van der Waals surface area contributed by atoms with E-state index >= 15 is 0 Å². The van der Waals surface area contributed by atoms with Crippen LogP contribution in [0.1, 0.15) is 47.3 Å². The summed E-state index contributed by atoms with van der Waals surface area (Å²) in [5.41, 5.74) is 10.7. The molecule has 1 aliphatic heterocycles. The smallest absolute Gasteiger partial charge is 0.325 e. The zero-order valence-corrected chi connectivity index (χ0v) is 22.7. The van der Waals surface area contributed by atoms with Crippen molar-refractivity contribution in [3.63, 3.8) is 0 Å². The number of aromatic nitrogens is 3. The Morgan fingerprint density at radius 3 is 2.47 bits per heavy atom. The van der Waals surface area contributed by atoms with Crippen LogP contribution in [-0.4, -0.2) is 50.6 Å². The highest BCUT2D eigenvalue weighted by atomic mass is 16.2. The first-order valence-corrected chi connectivity index (χ1v) is 12.7. The first-order valence-electron chi connectivity index (χ1n) is 12.7. The molecule has 10 heteroatoms. The molecule has 3 N–H and O–H groups in total. The molecule has 3 atom stereocenters. The second-order valence-electron chi connectivity index (χ2n) is 9.97. The van der Waals surface area contributed by atoms with Gasteiger partial charge in [0.15, 0.2) is 0 Å². The molecule has 0 bridgehead atoms. The second-order valence-corrected chi connectivity index (χ2v) is 9.97. The van der Waals surface area contributed by atoms with E-state index in [0.717, 1.165) is 32.8 Å². The maximum Gasteiger partial charge on any atom is 0.325 e. The molecule has 3 aromatic rings. The fourth-order valence-electron chi connectivity index (χ4n) is 5.02. The van der Waals surface area contributed by atoms with Gasteiger partial charge in [-0.05, 0) is 68.0 Å². The zero-order chi connectivity index (χ0) is 27.7. The number of likely N-dealkylation sites (N-methyl/N-ethyl adjacent to an activating group) is 1. The zero-order valence-electron chi connectivity index (χ0n) is 22.7. The Balaban J connectivity index is 1.62. The number of imide groups is 1. The van der Waals surface area contributed by atoms with E-state index in [2.05, 4.69) is 15.4 Å². The number of aryl methyl sites for hydroxylation is 4. The Bertz CT molecular complexity index is 1360. The number of carbonyl (C=O) groups excluding carboxylic acids is 3. The van der Waals surface area contributed by atoms with Crippen LogP contribution in [0.3, 0.4) is 0 Å². The fourth-order valence-corrected chi connectivity index (χ4v) is 5.02. The number of benzene rings is 1. The molecule has 0 spiro atoms. The van der Waals surface area contributed by atoms with E-state index in [4.69, 9.17) is 5.73 Å². The van der Waals surface area contributed by atoms with Crippen molar-refractivity contribution in [3.8, 4) is 0 Å². The van der Waals surface area contributed by atoms with Crippen molar-refractivity contribution in [2.24, 2.45) is 13.0 Å². The van der Waals surface area contributed by atoms with Gasteiger partial charge in [-0.25, -0.2) is 9.78 Å². The summed E-state index contributed by atoms with van der Waals surface area (Å²) in [5.74, 6) is -0.588. The average molecular weight is 518 g/mol. The van der Waals surface area contributed by atoms with Gasteiger partial charge in [0.1, 0.15) is 17.7 Å². The molecule has 4 amide bonds. The number of likely N-dealkylation sites (tertiary alicyclic amines) is 1. The van der Waals surface area contributed by atoms with E-state index in [1.807, 2.05) is 52.0 Å². The van der Waals surface area contributed by atoms with Gasteiger partial charge < -0.3 is 11.1 Å². The molecule has 10 nitrogen and oxygen atoms in total. The van der Waals surface area contributed by atoms with Gasteiger partial charge in [0.25, 0.3) is 5.91 Å². The fraction of sp³-hybridized carbons (Fsp3) is 0.393. The number of pyridine rings is 1. The standard InChI is InChI=1S/C28H35N7O3/c1-7-22(20-9-8-16(2)17(3)12-20)32-28(38)35-25(27(37)33(5)24-10-11-30-34(24)6)21(26(35)36)14-19-13-18(4)31-23(29)15-19/h8-13,15,21-22,25H,7,14H2,1-6H3,(H2,29,31)(H,32,38)/t21-,22-,25+/m1/s1. The van der Waals surface area contributed by atoms with Crippen LogP contribution in [-0.2, 0) is 23.1 Å². The van der Waals surface area contributed by atoms with Crippen LogP contribution in [0.5, 0.6) is 0 Å². The van der Waals surface area contributed by atoms with Gasteiger partial charge in [0.05, 0.1) is 18.2 Å². The number of rotatable bonds is 7. The molecule has 38 heavy (non-hydrogen) atoms. The van der Waals surface area contributed by atoms with Crippen molar-refractivity contribution in [1.82, 2.24) is 25.0 Å². The van der Waals surface area contributed by atoms with Crippen LogP contribution in [0, 0.1) is 26.7 Å². The van der Waals surface area contributed by atoms with Crippen molar-refractivity contribution < 1.29 is 14.4 Å². The number of carbonyl (C=O) groups is 3. The highest BCUT2D eigenvalue weighted by Gasteiger charge is 2.55. The number of nitrogens with two attached hydrogens (primary N) is 1. The van der Waals surface area contributed by atoms with E-state index in [9.17, 15) is 14.4 Å². The molecule has 200 valence electrons. The first-order chi connectivity index (χ1) is 18.0. The van der Waals surface area contributed by atoms with Crippen LogP contribution < -0.4 is 16.0 Å². The lowest BCUT2D eigenvalue weighted by atomic mass is 9.81. The number of anilines is 2. The lowest BCUT2D eigenvalue weighted by Crippen LogP contribution is -2.70. The molecule has 3 heterocycles. The van der Waals surface area contributed by atoms with Gasteiger partial charge in [0.2, 0.25) is 5.91 Å². The van der Waals surface area contributed by atoms with Crippen LogP contribution >= 0.6 is 0 Å². The van der Waals surface area contributed by atoms with Crippen molar-refractivity contribution in [2.45, 2.75) is 52.6 Å². The number of amides is 4. The van der Waals surface area contributed by atoms with E-state index in [-0.39, 0.29) is 18.4 Å². The molecule has 0 aliphatic carbocycles. The minimum absolute atomic E-state index is 0.264. The van der Waals surface area contributed by atoms with E-state index in [1.54, 1.807) is 37.1 Å². The SMILES string of the molecule is CC[C@@H](NC(=O)N1C(=O)[C@H](Cc2cc(C)nc(N)c2)[C@H]1C(=O)N(C)c1ccnn1C)c1ccc(C)c(C)c1. The van der Waals surface area contributed by atoms with Gasteiger partial charge in [-0.2, -0.15) is 5.10 Å². The largest absolute Gasteiger partial charge is 0.384 e. The number of hydrogen-bond donors (Lipinski definition) is 2. The van der Waals surface area contributed by atoms with Crippen molar-refractivity contribution >= 4 is 29.5 Å². The number of hydrogen-bond acceptors (Lipinski definition) is 6. The Kier molecular flexibility index (Phi) is 7.52. The third-order valence-corrected chi connectivity index (χ3v) is 7.28. The van der Waals surface area contributed by atoms with Gasteiger partial charge in [-0.1, -0.05) is 25.1 Å². The van der Waals surface area contributed by atoms with Crippen LogP contribution in [0.25, 0.3) is 0 Å². The number of β-lactam (4-membered cyclic amide) rings is 1. The van der Waals surface area contributed by atoms with Crippen LogP contribution in [0.15, 0.2) is 42.6 Å². The molecule has 1 saturated heterocycles. The average Bonchev–Trinajstić information content (AvgIpc) is 3.30. The topological polar surface area (TPSA) is 126 Å². The van der Waals surface area contributed by atoms with Gasteiger partial charge >= 0.3 is 6.03 Å². The van der Waals surface area contributed by atoms with Crippen molar-refractivity contribution in [3.05, 3.63) is 70.5 Å². The first kappa shape index (κ1) is 26.8. The van der Waals surface area contributed by atoms with Gasteiger partial charge in [-0.3, -0.25) is 24.1 Å². The normalized spacial score (nSPS) is 17.6. The van der Waals surface area contributed by atoms with Crippen LogP contribution in [0.4, 0.5) is 16.4 Å². The molecule has 1 fully saturated rings. The summed E-state index contributed by atoms with van der Waals surface area (Å²) in [7, 11) is 3.35. The summed E-state index contributed by atoms with van der Waals surface area (Å²) in [6.45, 7) is 7.84. The molecule has 4 rings (SSSR count). The van der Waals surface area contributed by atoms with Gasteiger partial charge in [0, 0.05) is 25.9 Å². The minimum Gasteiger partial charge on any atom is -0.384 e. The molecular formula is C28H35N7O3. The highest BCUT2D eigenvalue weighted by molar-refractivity contribution is 6.12. The summed E-state index contributed by atoms with van der Waals surface area (Å²) >= 11 is 0. The third-order valence-electron chi connectivity index (χ3n) is 7.28. The maximum absolute atomic E-state index is 13.8. The Hall–Kier alpha value is -4.21. The van der Waals surface area contributed by atoms with E-state index in [1.165, 1.54) is 4.90 Å². The summed E-state index contributed by atoms with van der Waals surface area (Å²) in [4.78, 5) is 47.3. The Morgan fingerprint density at radius 1 is 1.13 bits per heavy atom. The van der Waals surface area contributed by atoms with Crippen molar-refractivity contribution in [2.75, 3.05) is 17.7 Å². The number of nitrogens with zero attached hydrogens (tertiary/aromatic N) is 5. The third kappa shape index (κ3) is 5.11. The predicted octanol–water partition coefficient (Wildman–Crippen LogP) is 3.22. The maximum atomic E-state index is 13.8. The second kappa shape index (κ2) is 10.6. The summed E-state index contributed by atoms with van der Waals surface area (Å²) in [6.07, 6.45) is 2.48. The number of urea groups is 1. The molecule has 0 unspecified atom stereocenters. The lowest BCUT2D eigenvalue weighted by molar-refractivity contribution is -0.156. The summed E-state index contributed by atoms with van der Waals surface area (Å²) in [5, 5.41) is 7.12. The Labute approximate surface area is 222 Å². The van der Waals surface area contributed by atoms with E-state index in [0.29, 0.717) is 18.1 Å². The molecule has 0 saturated carbocycles. The lowest BCUT2D eigenvalue weighted by Gasteiger charge is -2.46. The number of nitrogen functional groups attached to an aromatic ring is 1. The predicted molar refractivity (Wildman–Crippen MR) is 145 cm³/mol. The molecule has 1 aliphatic rings. The molecule has 0 radical (unpaired) electrons.